The molecule has 0 aliphatic rings. The second-order valence-corrected chi connectivity index (χ2v) is 6.21. The number of rotatable bonds is 9. The molecule has 0 saturated heterocycles. The molecule has 4 N–H and O–H groups in total. The summed E-state index contributed by atoms with van der Waals surface area (Å²) in [6, 6.07) is 4.48. The number of sulfonamides is 1. The van der Waals surface area contributed by atoms with Gasteiger partial charge in [-0.25, -0.2) is 17.5 Å². The van der Waals surface area contributed by atoms with Gasteiger partial charge in [0.25, 0.3) is 0 Å². The van der Waals surface area contributed by atoms with Gasteiger partial charge < -0.3 is 11.1 Å². The van der Waals surface area contributed by atoms with E-state index in [9.17, 15) is 17.6 Å². The van der Waals surface area contributed by atoms with E-state index in [2.05, 4.69) is 10.0 Å². The molecule has 0 unspecified atom stereocenters. The van der Waals surface area contributed by atoms with E-state index in [1.165, 1.54) is 12.1 Å². The van der Waals surface area contributed by atoms with Gasteiger partial charge in [0.15, 0.2) is 0 Å². The maximum absolute atomic E-state index is 12.7. The van der Waals surface area contributed by atoms with E-state index in [-0.39, 0.29) is 23.8 Å². The average molecular weight is 317 g/mol. The molecule has 0 aliphatic carbocycles. The molecule has 1 aromatic carbocycles. The van der Waals surface area contributed by atoms with E-state index in [1.54, 1.807) is 0 Å². The Morgan fingerprint density at radius 3 is 2.43 bits per heavy atom. The van der Waals surface area contributed by atoms with E-state index >= 15 is 0 Å². The molecule has 1 rings (SSSR count). The molecule has 0 radical (unpaired) electrons. The second-order valence-electron chi connectivity index (χ2n) is 4.45. The largest absolute Gasteiger partial charge is 0.356 e. The van der Waals surface area contributed by atoms with Crippen LogP contribution in [-0.2, 0) is 14.8 Å². The Labute approximate surface area is 124 Å². The van der Waals surface area contributed by atoms with Crippen molar-refractivity contribution in [3.8, 4) is 0 Å². The van der Waals surface area contributed by atoms with E-state index < -0.39 is 15.8 Å². The second kappa shape index (κ2) is 8.71. The Morgan fingerprint density at radius 1 is 1.14 bits per heavy atom. The number of hydrogen-bond donors (Lipinski definition) is 3. The molecular formula is C13H20FN3O3S. The predicted octanol–water partition coefficient (Wildman–Crippen LogP) is 0.349. The topological polar surface area (TPSA) is 101 Å². The predicted molar refractivity (Wildman–Crippen MR) is 77.5 cm³/mol. The highest BCUT2D eigenvalue weighted by molar-refractivity contribution is 7.89. The molecule has 6 nitrogen and oxygen atoms in total. The van der Waals surface area contributed by atoms with Crippen molar-refractivity contribution in [3.05, 3.63) is 30.1 Å². The minimum atomic E-state index is -3.72. The highest BCUT2D eigenvalue weighted by Gasteiger charge is 2.13. The lowest BCUT2D eigenvalue weighted by Crippen LogP contribution is -2.31. The molecule has 1 amide bonds. The summed E-state index contributed by atoms with van der Waals surface area (Å²) in [4.78, 5) is 11.4. The first-order valence-corrected chi connectivity index (χ1v) is 8.16. The molecular weight excluding hydrogens is 297 g/mol. The van der Waals surface area contributed by atoms with Crippen LogP contribution in [0.5, 0.6) is 0 Å². The van der Waals surface area contributed by atoms with Gasteiger partial charge in [-0.2, -0.15) is 0 Å². The van der Waals surface area contributed by atoms with E-state index in [0.29, 0.717) is 13.1 Å². The monoisotopic (exact) mass is 317 g/mol. The van der Waals surface area contributed by atoms with Gasteiger partial charge in [0.2, 0.25) is 15.9 Å². The molecule has 8 heteroatoms. The van der Waals surface area contributed by atoms with Crippen LogP contribution in [0, 0.1) is 5.82 Å². The number of halogens is 1. The van der Waals surface area contributed by atoms with E-state index in [1.807, 2.05) is 0 Å². The zero-order valence-electron chi connectivity index (χ0n) is 11.6. The summed E-state index contributed by atoms with van der Waals surface area (Å²) in [5, 5.41) is 2.67. The highest BCUT2D eigenvalue weighted by atomic mass is 32.2. The normalized spacial score (nSPS) is 11.3. The maximum atomic E-state index is 12.7. The molecule has 0 fully saturated rings. The van der Waals surface area contributed by atoms with E-state index in [0.717, 1.165) is 25.0 Å². The fourth-order valence-electron chi connectivity index (χ4n) is 1.58. The molecule has 0 spiro atoms. The third-order valence-electron chi connectivity index (χ3n) is 2.72. The lowest BCUT2D eigenvalue weighted by molar-refractivity contribution is -0.120. The van der Waals surface area contributed by atoms with Crippen LogP contribution in [0.4, 0.5) is 4.39 Å². The molecule has 0 atom stereocenters. The first-order chi connectivity index (χ1) is 9.95. The SMILES string of the molecule is NCCCCNC(=O)CCNS(=O)(=O)c1ccc(F)cc1. The Hall–Kier alpha value is -1.51. The van der Waals surface area contributed by atoms with Crippen LogP contribution in [0.25, 0.3) is 0 Å². The summed E-state index contributed by atoms with van der Waals surface area (Å²) in [5.74, 6) is -0.736. The molecule has 0 aliphatic heterocycles. The Morgan fingerprint density at radius 2 is 1.81 bits per heavy atom. The molecule has 0 bridgehead atoms. The zero-order chi connectivity index (χ0) is 15.7. The van der Waals surface area contributed by atoms with Crippen molar-refractivity contribution in [1.82, 2.24) is 10.0 Å². The van der Waals surface area contributed by atoms with Crippen molar-refractivity contribution in [3.63, 3.8) is 0 Å². The zero-order valence-corrected chi connectivity index (χ0v) is 12.5. The van der Waals surface area contributed by atoms with Gasteiger partial charge in [0.1, 0.15) is 5.82 Å². The molecule has 0 heterocycles. The number of amides is 1. The number of unbranched alkanes of at least 4 members (excludes halogenated alkanes) is 1. The van der Waals surface area contributed by atoms with Crippen LogP contribution < -0.4 is 15.8 Å². The smallest absolute Gasteiger partial charge is 0.240 e. The summed E-state index contributed by atoms with van der Waals surface area (Å²) in [6.45, 7) is 1.09. The van der Waals surface area contributed by atoms with Crippen LogP contribution in [-0.4, -0.2) is 34.0 Å². The van der Waals surface area contributed by atoms with Crippen molar-refractivity contribution in [2.75, 3.05) is 19.6 Å². The number of nitrogens with two attached hydrogens (primary N) is 1. The van der Waals surface area contributed by atoms with Gasteiger partial charge in [-0.3, -0.25) is 4.79 Å². The Balaban J connectivity index is 2.34. The van der Waals surface area contributed by atoms with Gasteiger partial charge in [0, 0.05) is 19.5 Å². The third kappa shape index (κ3) is 6.65. The lowest BCUT2D eigenvalue weighted by Gasteiger charge is -2.07. The quantitative estimate of drug-likeness (QED) is 0.572. The van der Waals surface area contributed by atoms with Gasteiger partial charge in [-0.05, 0) is 43.7 Å². The molecule has 21 heavy (non-hydrogen) atoms. The third-order valence-corrected chi connectivity index (χ3v) is 4.20. The first-order valence-electron chi connectivity index (χ1n) is 6.67. The summed E-state index contributed by atoms with van der Waals surface area (Å²) in [7, 11) is -3.72. The van der Waals surface area contributed by atoms with Gasteiger partial charge in [-0.15, -0.1) is 0 Å². The minimum absolute atomic E-state index is 0.0115. The van der Waals surface area contributed by atoms with Crippen molar-refractivity contribution < 1.29 is 17.6 Å². The van der Waals surface area contributed by atoms with Crippen molar-refractivity contribution in [2.45, 2.75) is 24.2 Å². The lowest BCUT2D eigenvalue weighted by atomic mass is 10.3. The van der Waals surface area contributed by atoms with Crippen molar-refractivity contribution in [2.24, 2.45) is 5.73 Å². The summed E-state index contributed by atoms with van der Waals surface area (Å²) in [6.07, 6.45) is 1.67. The van der Waals surface area contributed by atoms with Crippen LogP contribution in [0.3, 0.4) is 0 Å². The van der Waals surface area contributed by atoms with Crippen LogP contribution >= 0.6 is 0 Å². The fraction of sp³-hybridized carbons (Fsp3) is 0.462. The molecule has 118 valence electrons. The summed E-state index contributed by atoms with van der Waals surface area (Å²) in [5.41, 5.74) is 5.33. The first kappa shape index (κ1) is 17.5. The number of hydrogen-bond acceptors (Lipinski definition) is 4. The molecule has 0 saturated carbocycles. The van der Waals surface area contributed by atoms with Crippen molar-refractivity contribution >= 4 is 15.9 Å². The Kier molecular flexibility index (Phi) is 7.27. The van der Waals surface area contributed by atoms with Crippen LogP contribution in [0.1, 0.15) is 19.3 Å². The van der Waals surface area contributed by atoms with E-state index in [4.69, 9.17) is 5.73 Å². The number of carbonyl (C=O) groups excluding carboxylic acids is 1. The Bertz CT molecular complexity index is 546. The van der Waals surface area contributed by atoms with Gasteiger partial charge in [-0.1, -0.05) is 0 Å². The minimum Gasteiger partial charge on any atom is -0.356 e. The summed E-state index contributed by atoms with van der Waals surface area (Å²) >= 11 is 0. The van der Waals surface area contributed by atoms with Gasteiger partial charge in [0.05, 0.1) is 4.90 Å². The molecule has 0 aromatic heterocycles. The van der Waals surface area contributed by atoms with Crippen LogP contribution in [0.2, 0.25) is 0 Å². The van der Waals surface area contributed by atoms with Crippen LogP contribution in [0.15, 0.2) is 29.2 Å². The van der Waals surface area contributed by atoms with Gasteiger partial charge >= 0.3 is 0 Å². The van der Waals surface area contributed by atoms with Crippen molar-refractivity contribution in [1.29, 1.82) is 0 Å². The number of nitrogens with one attached hydrogen (secondary N) is 2. The number of carbonyl (C=O) groups is 1. The standard InChI is InChI=1S/C13H20FN3O3S/c14-11-3-5-12(6-4-11)21(19,20)17-10-7-13(18)16-9-2-1-8-15/h3-6,17H,1-2,7-10,15H2,(H,16,18). The number of benzene rings is 1. The fourth-order valence-corrected chi connectivity index (χ4v) is 2.61. The summed E-state index contributed by atoms with van der Waals surface area (Å²) < 4.78 is 38.7. The average Bonchev–Trinajstić information content (AvgIpc) is 2.44. The highest BCUT2D eigenvalue weighted by Crippen LogP contribution is 2.09. The maximum Gasteiger partial charge on any atom is 0.240 e. The molecule has 1 aromatic rings.